The molecule has 0 unspecified atom stereocenters. The molecular formula is C14H12N2OS. The van der Waals surface area contributed by atoms with Crippen LogP contribution in [0.15, 0.2) is 36.5 Å². The van der Waals surface area contributed by atoms with Crippen molar-refractivity contribution in [2.24, 2.45) is 0 Å². The van der Waals surface area contributed by atoms with Crippen molar-refractivity contribution in [3.63, 3.8) is 0 Å². The zero-order valence-electron chi connectivity index (χ0n) is 9.93. The number of methoxy groups -OCH3 is 1. The van der Waals surface area contributed by atoms with Gasteiger partial charge in [0.05, 0.1) is 18.7 Å². The van der Waals surface area contributed by atoms with Crippen LogP contribution in [0.1, 0.15) is 16.7 Å². The van der Waals surface area contributed by atoms with Crippen molar-refractivity contribution in [1.82, 2.24) is 4.98 Å². The normalized spacial score (nSPS) is 9.78. The summed E-state index contributed by atoms with van der Waals surface area (Å²) in [5.41, 5.74) is 2.58. The summed E-state index contributed by atoms with van der Waals surface area (Å²) >= 11 is 5.22. The molecule has 1 aromatic carbocycles. The van der Waals surface area contributed by atoms with Crippen LogP contribution in [0.2, 0.25) is 0 Å². The first-order valence-corrected chi connectivity index (χ1v) is 5.89. The van der Waals surface area contributed by atoms with Gasteiger partial charge >= 0.3 is 0 Å². The molecule has 1 heterocycles. The summed E-state index contributed by atoms with van der Waals surface area (Å²) in [4.78, 5) is 2.96. The Morgan fingerprint density at radius 3 is 2.61 bits per heavy atom. The Morgan fingerprint density at radius 1 is 1.28 bits per heavy atom. The summed E-state index contributed by atoms with van der Waals surface area (Å²) < 4.78 is 5.72. The molecule has 0 radical (unpaired) electrons. The molecule has 0 atom stereocenters. The molecule has 0 aliphatic heterocycles. The summed E-state index contributed by atoms with van der Waals surface area (Å²) in [6, 6.07) is 11.7. The zero-order valence-corrected chi connectivity index (χ0v) is 10.8. The van der Waals surface area contributed by atoms with Crippen molar-refractivity contribution >= 4 is 12.2 Å². The molecular weight excluding hydrogens is 244 g/mol. The smallest absolute Gasteiger partial charge is 0.118 e. The average Bonchev–Trinajstić information content (AvgIpc) is 2.42. The van der Waals surface area contributed by atoms with Crippen LogP contribution in [0.5, 0.6) is 5.75 Å². The Bertz CT molecular complexity index is 638. The predicted molar refractivity (Wildman–Crippen MR) is 72.1 cm³/mol. The van der Waals surface area contributed by atoms with Gasteiger partial charge in [-0.2, -0.15) is 5.26 Å². The zero-order chi connectivity index (χ0) is 13.0. The van der Waals surface area contributed by atoms with Gasteiger partial charge in [-0.25, -0.2) is 0 Å². The third kappa shape index (κ3) is 2.58. The minimum atomic E-state index is 0.616. The van der Waals surface area contributed by atoms with E-state index < -0.39 is 0 Å². The summed E-state index contributed by atoms with van der Waals surface area (Å²) in [6.07, 6.45) is 2.33. The first kappa shape index (κ1) is 12.3. The number of pyridine rings is 1. The largest absolute Gasteiger partial charge is 0.497 e. The van der Waals surface area contributed by atoms with Crippen LogP contribution >= 0.6 is 12.2 Å². The van der Waals surface area contributed by atoms with Crippen molar-refractivity contribution in [1.29, 1.82) is 5.26 Å². The number of hydrogen-bond acceptors (Lipinski definition) is 3. The van der Waals surface area contributed by atoms with E-state index in [-0.39, 0.29) is 0 Å². The number of hydrogen-bond donors (Lipinski definition) is 1. The van der Waals surface area contributed by atoms with Gasteiger partial charge in [-0.3, -0.25) is 0 Å². The quantitative estimate of drug-likeness (QED) is 0.858. The maximum atomic E-state index is 9.07. The van der Waals surface area contributed by atoms with E-state index in [0.29, 0.717) is 16.6 Å². The van der Waals surface area contributed by atoms with Crippen molar-refractivity contribution < 1.29 is 4.74 Å². The van der Waals surface area contributed by atoms with E-state index in [4.69, 9.17) is 22.2 Å². The highest BCUT2D eigenvalue weighted by atomic mass is 32.1. The standard InChI is InChI=1S/C14H12N2OS/c1-17-12-4-2-10(3-5-12)8-13-11(9-15)6-7-16-14(13)18/h2-7H,8H2,1H3,(H,16,18). The Labute approximate surface area is 111 Å². The number of benzene rings is 1. The highest BCUT2D eigenvalue weighted by Crippen LogP contribution is 2.17. The Morgan fingerprint density at radius 2 is 2.00 bits per heavy atom. The van der Waals surface area contributed by atoms with Gasteiger partial charge in [0.25, 0.3) is 0 Å². The molecule has 0 saturated carbocycles. The van der Waals surface area contributed by atoms with Crippen LogP contribution in [0.3, 0.4) is 0 Å². The lowest BCUT2D eigenvalue weighted by Gasteiger charge is -2.05. The maximum absolute atomic E-state index is 9.07. The van der Waals surface area contributed by atoms with Gasteiger partial charge in [-0.05, 0) is 23.8 Å². The Balaban J connectivity index is 2.34. The molecule has 0 saturated heterocycles. The van der Waals surface area contributed by atoms with E-state index in [1.807, 2.05) is 24.3 Å². The predicted octanol–water partition coefficient (Wildman–Crippen LogP) is 3.22. The van der Waals surface area contributed by atoms with Crippen LogP contribution in [-0.4, -0.2) is 12.1 Å². The van der Waals surface area contributed by atoms with Crippen LogP contribution in [-0.2, 0) is 6.42 Å². The fourth-order valence-electron chi connectivity index (χ4n) is 1.74. The molecule has 90 valence electrons. The van der Waals surface area contributed by atoms with Crippen molar-refractivity contribution in [2.75, 3.05) is 7.11 Å². The first-order valence-electron chi connectivity index (χ1n) is 5.48. The lowest BCUT2D eigenvalue weighted by Crippen LogP contribution is -1.95. The summed E-state index contributed by atoms with van der Waals surface area (Å²) in [5, 5.41) is 9.07. The van der Waals surface area contributed by atoms with E-state index in [1.165, 1.54) is 0 Å². The van der Waals surface area contributed by atoms with E-state index in [9.17, 15) is 0 Å². The summed E-state index contributed by atoms with van der Waals surface area (Å²) in [6.45, 7) is 0. The minimum Gasteiger partial charge on any atom is -0.497 e. The lowest BCUT2D eigenvalue weighted by molar-refractivity contribution is 0.414. The van der Waals surface area contributed by atoms with Crippen LogP contribution in [0, 0.1) is 16.0 Å². The average molecular weight is 256 g/mol. The first-order chi connectivity index (χ1) is 8.74. The molecule has 3 nitrogen and oxygen atoms in total. The Kier molecular flexibility index (Phi) is 3.75. The lowest BCUT2D eigenvalue weighted by atomic mass is 10.0. The van der Waals surface area contributed by atoms with Gasteiger partial charge in [0.2, 0.25) is 0 Å². The SMILES string of the molecule is COc1ccc(Cc2c(C#N)cc[nH]c2=S)cc1. The molecule has 0 spiro atoms. The third-order valence-electron chi connectivity index (χ3n) is 2.72. The molecule has 2 aromatic rings. The summed E-state index contributed by atoms with van der Waals surface area (Å²) in [5.74, 6) is 0.817. The fraction of sp³-hybridized carbons (Fsp3) is 0.143. The second kappa shape index (κ2) is 5.48. The second-order valence-electron chi connectivity index (χ2n) is 3.84. The second-order valence-corrected chi connectivity index (χ2v) is 4.24. The van der Waals surface area contributed by atoms with E-state index in [1.54, 1.807) is 19.4 Å². The molecule has 0 amide bonds. The van der Waals surface area contributed by atoms with Crippen molar-refractivity contribution in [2.45, 2.75) is 6.42 Å². The van der Waals surface area contributed by atoms with Gasteiger partial charge < -0.3 is 9.72 Å². The third-order valence-corrected chi connectivity index (χ3v) is 3.09. The van der Waals surface area contributed by atoms with E-state index in [0.717, 1.165) is 16.9 Å². The van der Waals surface area contributed by atoms with Crippen LogP contribution < -0.4 is 4.74 Å². The maximum Gasteiger partial charge on any atom is 0.118 e. The number of aromatic amines is 1. The number of H-pyrrole nitrogens is 1. The fourth-order valence-corrected chi connectivity index (χ4v) is 1.99. The number of ether oxygens (including phenoxy) is 1. The number of nitrogens with one attached hydrogen (secondary N) is 1. The van der Waals surface area contributed by atoms with Crippen molar-refractivity contribution in [3.8, 4) is 11.8 Å². The topological polar surface area (TPSA) is 48.8 Å². The molecule has 0 aliphatic carbocycles. The highest BCUT2D eigenvalue weighted by molar-refractivity contribution is 7.71. The van der Waals surface area contributed by atoms with Crippen LogP contribution in [0.25, 0.3) is 0 Å². The van der Waals surface area contributed by atoms with Gasteiger partial charge in [0, 0.05) is 18.2 Å². The van der Waals surface area contributed by atoms with Gasteiger partial charge in [-0.1, -0.05) is 24.4 Å². The molecule has 1 N–H and O–H groups in total. The molecule has 1 aromatic heterocycles. The number of nitriles is 1. The van der Waals surface area contributed by atoms with Crippen LogP contribution in [0.4, 0.5) is 0 Å². The molecule has 18 heavy (non-hydrogen) atoms. The number of rotatable bonds is 3. The number of nitrogens with zero attached hydrogens (tertiary/aromatic N) is 1. The monoisotopic (exact) mass is 256 g/mol. The van der Waals surface area contributed by atoms with Gasteiger partial charge in [-0.15, -0.1) is 0 Å². The van der Waals surface area contributed by atoms with E-state index >= 15 is 0 Å². The Hall–Kier alpha value is -2.12. The molecule has 0 fully saturated rings. The van der Waals surface area contributed by atoms with Gasteiger partial charge in [0.1, 0.15) is 10.4 Å². The van der Waals surface area contributed by atoms with Gasteiger partial charge in [0.15, 0.2) is 0 Å². The molecule has 0 bridgehead atoms. The number of aromatic nitrogens is 1. The van der Waals surface area contributed by atoms with E-state index in [2.05, 4.69) is 11.1 Å². The summed E-state index contributed by atoms with van der Waals surface area (Å²) in [7, 11) is 1.64. The highest BCUT2D eigenvalue weighted by Gasteiger charge is 2.05. The minimum absolute atomic E-state index is 0.616. The molecule has 4 heteroatoms. The van der Waals surface area contributed by atoms with Crippen molar-refractivity contribution in [3.05, 3.63) is 57.9 Å². The molecule has 0 aliphatic rings. The molecule has 2 rings (SSSR count).